The van der Waals surface area contributed by atoms with Crippen molar-refractivity contribution in [2.24, 2.45) is 0 Å². The molecule has 0 amide bonds. The number of halogens is 2. The van der Waals surface area contributed by atoms with Crippen LogP contribution in [-0.2, 0) is 4.79 Å². The van der Waals surface area contributed by atoms with E-state index in [1.165, 1.54) is 19.1 Å². The van der Waals surface area contributed by atoms with E-state index in [1.807, 2.05) is 0 Å². The zero-order chi connectivity index (χ0) is 10.7. The summed E-state index contributed by atoms with van der Waals surface area (Å²) in [5.41, 5.74) is 0. The van der Waals surface area contributed by atoms with Gasteiger partial charge in [-0.2, -0.15) is 0 Å². The van der Waals surface area contributed by atoms with E-state index in [0.29, 0.717) is 15.8 Å². The van der Waals surface area contributed by atoms with Crippen molar-refractivity contribution in [1.82, 2.24) is 0 Å². The van der Waals surface area contributed by atoms with Crippen LogP contribution in [-0.4, -0.2) is 68.6 Å². The zero-order valence-electron chi connectivity index (χ0n) is 7.33. The van der Waals surface area contributed by atoms with Gasteiger partial charge in [-0.1, -0.05) is 23.2 Å². The molecule has 1 N–H and O–H groups in total. The Hall–Kier alpha value is 0.706. The van der Waals surface area contributed by atoms with Crippen molar-refractivity contribution in [3.05, 3.63) is 28.2 Å². The topological polar surface area (TPSA) is 46.5 Å². The van der Waals surface area contributed by atoms with Crippen LogP contribution < -0.4 is 4.74 Å². The average Bonchev–Trinajstić information content (AvgIpc) is 2.09. The van der Waals surface area contributed by atoms with Gasteiger partial charge in [0.15, 0.2) is 6.10 Å². The molecule has 6 heteroatoms. The molecule has 0 heterocycles. The number of benzene rings is 1. The standard InChI is InChI=1S/C9H8Cl2O3.K.H/c1-5(9(12)13)14-8-3-2-6(10)4-7(8)11;;/h2-5H,1H3,(H,12,13);;. The van der Waals surface area contributed by atoms with Crippen LogP contribution in [0.25, 0.3) is 0 Å². The average molecular weight is 275 g/mol. The van der Waals surface area contributed by atoms with Gasteiger partial charge in [-0.05, 0) is 25.1 Å². The van der Waals surface area contributed by atoms with Crippen molar-refractivity contribution < 1.29 is 14.6 Å². The molecule has 0 fully saturated rings. The Morgan fingerprint density at radius 2 is 2.07 bits per heavy atom. The van der Waals surface area contributed by atoms with Crippen molar-refractivity contribution in [2.45, 2.75) is 13.0 Å². The first kappa shape index (κ1) is 15.7. The third kappa shape index (κ3) is 5.04. The molecular weight excluding hydrogens is 266 g/mol. The summed E-state index contributed by atoms with van der Waals surface area (Å²) >= 11 is 11.4. The van der Waals surface area contributed by atoms with Gasteiger partial charge in [-0.15, -0.1) is 0 Å². The van der Waals surface area contributed by atoms with Crippen LogP contribution in [0.4, 0.5) is 0 Å². The number of aliphatic carboxylic acids is 1. The van der Waals surface area contributed by atoms with E-state index < -0.39 is 12.1 Å². The summed E-state index contributed by atoms with van der Waals surface area (Å²) < 4.78 is 5.07. The predicted molar refractivity (Wildman–Crippen MR) is 61.3 cm³/mol. The second-order valence-corrected chi connectivity index (χ2v) is 3.52. The number of rotatable bonds is 3. The van der Waals surface area contributed by atoms with E-state index in [9.17, 15) is 4.79 Å². The molecule has 0 saturated heterocycles. The molecule has 1 unspecified atom stereocenters. The summed E-state index contributed by atoms with van der Waals surface area (Å²) in [6, 6.07) is 4.61. The fourth-order valence-corrected chi connectivity index (χ4v) is 1.26. The quantitative estimate of drug-likeness (QED) is 0.860. The van der Waals surface area contributed by atoms with Crippen molar-refractivity contribution in [3.8, 4) is 5.75 Å². The van der Waals surface area contributed by atoms with Gasteiger partial charge in [0.05, 0.1) is 5.02 Å². The van der Waals surface area contributed by atoms with Crippen LogP contribution in [0.1, 0.15) is 6.92 Å². The van der Waals surface area contributed by atoms with E-state index >= 15 is 0 Å². The molecule has 0 spiro atoms. The van der Waals surface area contributed by atoms with Gasteiger partial charge in [0.25, 0.3) is 0 Å². The number of hydrogen-bond acceptors (Lipinski definition) is 2. The number of carbonyl (C=O) groups is 1. The van der Waals surface area contributed by atoms with Gasteiger partial charge in [-0.3, -0.25) is 0 Å². The second kappa shape index (κ2) is 7.11. The molecular formula is C9H9Cl2KO3. The van der Waals surface area contributed by atoms with E-state index in [4.69, 9.17) is 33.0 Å². The molecule has 0 radical (unpaired) electrons. The minimum absolute atomic E-state index is 0. The Kier molecular flexibility index (Phi) is 7.45. The molecule has 0 aromatic heterocycles. The molecule has 15 heavy (non-hydrogen) atoms. The Bertz CT molecular complexity index is 357. The molecule has 0 bridgehead atoms. The third-order valence-electron chi connectivity index (χ3n) is 1.55. The maximum atomic E-state index is 10.5. The SMILES string of the molecule is CC(Oc1ccc(Cl)cc1Cl)C(=O)O.[KH]. The summed E-state index contributed by atoms with van der Waals surface area (Å²) in [7, 11) is 0. The van der Waals surface area contributed by atoms with E-state index in [1.54, 1.807) is 6.07 Å². The Labute approximate surface area is 140 Å². The molecule has 1 aromatic rings. The first-order valence-corrected chi connectivity index (χ1v) is 4.61. The fourth-order valence-electron chi connectivity index (χ4n) is 0.812. The molecule has 1 atom stereocenters. The molecule has 0 aliphatic heterocycles. The van der Waals surface area contributed by atoms with Crippen LogP contribution in [0, 0.1) is 0 Å². The zero-order valence-corrected chi connectivity index (χ0v) is 8.84. The third-order valence-corrected chi connectivity index (χ3v) is 2.08. The van der Waals surface area contributed by atoms with Crippen LogP contribution in [0.2, 0.25) is 10.0 Å². The summed E-state index contributed by atoms with van der Waals surface area (Å²) in [5.74, 6) is -0.734. The van der Waals surface area contributed by atoms with E-state index in [-0.39, 0.29) is 51.4 Å². The maximum absolute atomic E-state index is 10.5. The molecule has 78 valence electrons. The van der Waals surface area contributed by atoms with Crippen LogP contribution >= 0.6 is 23.2 Å². The number of hydrogen-bond donors (Lipinski definition) is 1. The van der Waals surface area contributed by atoms with Crippen molar-refractivity contribution in [3.63, 3.8) is 0 Å². The van der Waals surface area contributed by atoms with Gasteiger partial charge in [0.2, 0.25) is 0 Å². The number of carboxylic acid groups (broad SMARTS) is 1. The van der Waals surface area contributed by atoms with Crippen molar-refractivity contribution >= 4 is 80.6 Å². The van der Waals surface area contributed by atoms with Gasteiger partial charge < -0.3 is 9.84 Å². The first-order valence-electron chi connectivity index (χ1n) is 3.85. The normalized spacial score (nSPS) is 11.4. The first-order chi connectivity index (χ1) is 6.50. The van der Waals surface area contributed by atoms with Crippen LogP contribution in [0.15, 0.2) is 18.2 Å². The van der Waals surface area contributed by atoms with Crippen molar-refractivity contribution in [1.29, 1.82) is 0 Å². The summed E-state index contributed by atoms with van der Waals surface area (Å²) in [6.07, 6.45) is -0.936. The van der Waals surface area contributed by atoms with Gasteiger partial charge in [0, 0.05) is 5.02 Å². The van der Waals surface area contributed by atoms with E-state index in [0.717, 1.165) is 0 Å². The summed E-state index contributed by atoms with van der Waals surface area (Å²) in [4.78, 5) is 10.5. The molecule has 0 saturated carbocycles. The Balaban J connectivity index is 0.00000196. The second-order valence-electron chi connectivity index (χ2n) is 2.67. The van der Waals surface area contributed by atoms with Crippen LogP contribution in [0.5, 0.6) is 5.75 Å². The molecule has 3 nitrogen and oxygen atoms in total. The molecule has 0 aliphatic rings. The van der Waals surface area contributed by atoms with Gasteiger partial charge in [-0.25, -0.2) is 4.79 Å². The van der Waals surface area contributed by atoms with Gasteiger partial charge in [0.1, 0.15) is 5.75 Å². The van der Waals surface area contributed by atoms with E-state index in [2.05, 4.69) is 0 Å². The molecule has 0 aliphatic carbocycles. The Morgan fingerprint density at radius 3 is 2.53 bits per heavy atom. The minimum atomic E-state index is -1.05. The fraction of sp³-hybridized carbons (Fsp3) is 0.222. The number of ether oxygens (including phenoxy) is 1. The monoisotopic (exact) mass is 274 g/mol. The summed E-state index contributed by atoms with van der Waals surface area (Å²) in [5, 5.41) is 9.37. The number of carboxylic acids is 1. The Morgan fingerprint density at radius 1 is 1.47 bits per heavy atom. The van der Waals surface area contributed by atoms with Crippen LogP contribution in [0.3, 0.4) is 0 Å². The van der Waals surface area contributed by atoms with Gasteiger partial charge >= 0.3 is 57.4 Å². The summed E-state index contributed by atoms with van der Waals surface area (Å²) in [6.45, 7) is 1.42. The van der Waals surface area contributed by atoms with Crippen molar-refractivity contribution in [2.75, 3.05) is 0 Å². The molecule has 1 aromatic carbocycles. The molecule has 1 rings (SSSR count). The predicted octanol–water partition coefficient (Wildman–Crippen LogP) is 2.20.